The Balaban J connectivity index is 1.79. The lowest BCUT2D eigenvalue weighted by Gasteiger charge is -2.39. The van der Waals surface area contributed by atoms with Crippen LogP contribution in [-0.2, 0) is 4.79 Å². The SMILES string of the molecule is Cc1ccc([C@@H]2C3=C(CC(C)(C)CC3=O)Nc3nc4ccccc4n32)cc1. The fourth-order valence-electron chi connectivity index (χ4n) is 4.49. The number of Topliss-reactive ketones (excluding diaryl/α,β-unsaturated/α-hetero) is 1. The monoisotopic (exact) mass is 357 g/mol. The van der Waals surface area contributed by atoms with Crippen molar-refractivity contribution in [2.24, 2.45) is 5.41 Å². The molecule has 3 aromatic rings. The van der Waals surface area contributed by atoms with Gasteiger partial charge in [-0.2, -0.15) is 0 Å². The smallest absolute Gasteiger partial charge is 0.209 e. The number of nitrogens with zero attached hydrogens (tertiary/aromatic N) is 2. The van der Waals surface area contributed by atoms with E-state index in [4.69, 9.17) is 4.98 Å². The summed E-state index contributed by atoms with van der Waals surface area (Å²) in [4.78, 5) is 18.0. The molecule has 4 heteroatoms. The molecule has 4 nitrogen and oxygen atoms in total. The highest BCUT2D eigenvalue weighted by Crippen LogP contribution is 2.46. The van der Waals surface area contributed by atoms with Gasteiger partial charge in [-0.15, -0.1) is 0 Å². The highest BCUT2D eigenvalue weighted by atomic mass is 16.1. The Morgan fingerprint density at radius 1 is 1.07 bits per heavy atom. The molecule has 0 saturated heterocycles. The number of aryl methyl sites for hydroxylation is 1. The number of imidazole rings is 1. The first kappa shape index (κ1) is 16.3. The number of allylic oxidation sites excluding steroid dienone is 2. The minimum atomic E-state index is -0.132. The molecule has 2 aliphatic rings. The number of fused-ring (bicyclic) bond motifs is 3. The third-order valence-corrected chi connectivity index (χ3v) is 5.70. The summed E-state index contributed by atoms with van der Waals surface area (Å²) in [5, 5.41) is 3.50. The standard InChI is InChI=1S/C23H23N3O/c1-14-8-10-15(11-9-14)21-20-17(12-23(2,3)13-19(20)27)25-22-24-16-6-4-5-7-18(16)26(21)22/h4-11,21H,12-13H2,1-3H3,(H,24,25)/t21-/m1/s1. The number of carbonyl (C=O) groups is 1. The van der Waals surface area contributed by atoms with Crippen molar-refractivity contribution in [1.82, 2.24) is 9.55 Å². The average molecular weight is 357 g/mol. The first-order valence-electron chi connectivity index (χ1n) is 9.50. The van der Waals surface area contributed by atoms with Crippen molar-refractivity contribution in [3.63, 3.8) is 0 Å². The Morgan fingerprint density at radius 2 is 1.81 bits per heavy atom. The Kier molecular flexibility index (Phi) is 3.36. The molecule has 0 spiro atoms. The molecule has 0 amide bonds. The van der Waals surface area contributed by atoms with Crippen LogP contribution in [0.5, 0.6) is 0 Å². The molecule has 1 atom stereocenters. The van der Waals surface area contributed by atoms with Gasteiger partial charge in [-0.05, 0) is 36.5 Å². The second-order valence-electron chi connectivity index (χ2n) is 8.57. The third kappa shape index (κ3) is 2.51. The fourth-order valence-corrected chi connectivity index (χ4v) is 4.49. The van der Waals surface area contributed by atoms with E-state index in [1.54, 1.807) is 0 Å². The Morgan fingerprint density at radius 3 is 2.59 bits per heavy atom. The summed E-state index contributed by atoms with van der Waals surface area (Å²) in [6, 6.07) is 16.5. The molecule has 1 N–H and O–H groups in total. The van der Waals surface area contributed by atoms with Crippen molar-refractivity contribution < 1.29 is 4.79 Å². The summed E-state index contributed by atoms with van der Waals surface area (Å²) < 4.78 is 2.19. The normalized spacial score (nSPS) is 21.0. The summed E-state index contributed by atoms with van der Waals surface area (Å²) in [5.74, 6) is 1.06. The van der Waals surface area contributed by atoms with Crippen molar-refractivity contribution in [3.05, 3.63) is 70.9 Å². The van der Waals surface area contributed by atoms with E-state index < -0.39 is 0 Å². The van der Waals surface area contributed by atoms with Crippen LogP contribution in [0.4, 0.5) is 5.95 Å². The van der Waals surface area contributed by atoms with Crippen molar-refractivity contribution in [2.45, 2.75) is 39.7 Å². The number of ketones is 1. The minimum Gasteiger partial charge on any atom is -0.329 e. The maximum absolute atomic E-state index is 13.2. The van der Waals surface area contributed by atoms with Crippen LogP contribution in [-0.4, -0.2) is 15.3 Å². The largest absolute Gasteiger partial charge is 0.329 e. The van der Waals surface area contributed by atoms with Gasteiger partial charge in [0.1, 0.15) is 0 Å². The Labute approximate surface area is 158 Å². The van der Waals surface area contributed by atoms with Crippen LogP contribution in [0.15, 0.2) is 59.8 Å². The van der Waals surface area contributed by atoms with Gasteiger partial charge in [0, 0.05) is 17.7 Å². The number of rotatable bonds is 1. The lowest BCUT2D eigenvalue weighted by molar-refractivity contribution is -0.118. The first-order chi connectivity index (χ1) is 12.9. The van der Waals surface area contributed by atoms with Crippen molar-refractivity contribution in [1.29, 1.82) is 0 Å². The fraction of sp³-hybridized carbons (Fsp3) is 0.304. The molecule has 27 heavy (non-hydrogen) atoms. The molecule has 2 aromatic carbocycles. The number of nitrogens with one attached hydrogen (secondary N) is 1. The number of hydrogen-bond acceptors (Lipinski definition) is 3. The molecule has 5 rings (SSSR count). The zero-order chi connectivity index (χ0) is 18.8. The van der Waals surface area contributed by atoms with Crippen LogP contribution in [0.2, 0.25) is 0 Å². The number of para-hydroxylation sites is 2. The summed E-state index contributed by atoms with van der Waals surface area (Å²) in [6.07, 6.45) is 1.44. The summed E-state index contributed by atoms with van der Waals surface area (Å²) >= 11 is 0. The van der Waals surface area contributed by atoms with Gasteiger partial charge >= 0.3 is 0 Å². The Bertz CT molecular complexity index is 1100. The topological polar surface area (TPSA) is 46.9 Å². The van der Waals surface area contributed by atoms with Crippen molar-refractivity contribution in [3.8, 4) is 0 Å². The molecule has 0 radical (unpaired) electrons. The van der Waals surface area contributed by atoms with E-state index in [1.165, 1.54) is 5.56 Å². The van der Waals surface area contributed by atoms with Gasteiger partial charge in [0.25, 0.3) is 0 Å². The van der Waals surface area contributed by atoms with Gasteiger partial charge in [-0.25, -0.2) is 4.98 Å². The molecule has 0 bridgehead atoms. The van der Waals surface area contributed by atoms with Crippen LogP contribution in [0, 0.1) is 12.3 Å². The molecule has 1 aromatic heterocycles. The number of benzene rings is 2. The minimum absolute atomic E-state index is 0.0328. The van der Waals surface area contributed by atoms with E-state index in [2.05, 4.69) is 61.0 Å². The molecular weight excluding hydrogens is 334 g/mol. The highest BCUT2D eigenvalue weighted by Gasteiger charge is 2.41. The molecular formula is C23H23N3O. The van der Waals surface area contributed by atoms with Gasteiger partial charge in [0.05, 0.1) is 17.1 Å². The first-order valence-corrected chi connectivity index (χ1v) is 9.50. The van der Waals surface area contributed by atoms with Crippen LogP contribution >= 0.6 is 0 Å². The van der Waals surface area contributed by atoms with Gasteiger partial charge < -0.3 is 5.32 Å². The molecule has 1 aliphatic carbocycles. The zero-order valence-corrected chi connectivity index (χ0v) is 15.9. The van der Waals surface area contributed by atoms with E-state index in [-0.39, 0.29) is 17.2 Å². The summed E-state index contributed by atoms with van der Waals surface area (Å²) in [6.45, 7) is 6.41. The number of anilines is 1. The zero-order valence-electron chi connectivity index (χ0n) is 15.9. The van der Waals surface area contributed by atoms with E-state index >= 15 is 0 Å². The quantitative estimate of drug-likeness (QED) is 0.666. The molecule has 0 saturated carbocycles. The van der Waals surface area contributed by atoms with Crippen molar-refractivity contribution in [2.75, 3.05) is 5.32 Å². The lowest BCUT2D eigenvalue weighted by Crippen LogP contribution is -2.36. The molecule has 2 heterocycles. The number of hydrogen-bond donors (Lipinski definition) is 1. The van der Waals surface area contributed by atoms with Crippen molar-refractivity contribution >= 4 is 22.8 Å². The van der Waals surface area contributed by atoms with Gasteiger partial charge in [0.15, 0.2) is 5.78 Å². The average Bonchev–Trinajstić information content (AvgIpc) is 2.97. The predicted octanol–water partition coefficient (Wildman–Crippen LogP) is 5.00. The van der Waals surface area contributed by atoms with Crippen LogP contribution < -0.4 is 5.32 Å². The van der Waals surface area contributed by atoms with E-state index in [0.717, 1.165) is 40.2 Å². The van der Waals surface area contributed by atoms with Gasteiger partial charge in [-0.1, -0.05) is 55.8 Å². The summed E-state index contributed by atoms with van der Waals surface area (Å²) in [7, 11) is 0. The predicted molar refractivity (Wildman–Crippen MR) is 108 cm³/mol. The number of carbonyl (C=O) groups excluding carboxylic acids is 1. The molecule has 0 unspecified atom stereocenters. The van der Waals surface area contributed by atoms with Crippen LogP contribution in [0.3, 0.4) is 0 Å². The lowest BCUT2D eigenvalue weighted by atomic mass is 9.73. The van der Waals surface area contributed by atoms with Crippen LogP contribution in [0.25, 0.3) is 11.0 Å². The van der Waals surface area contributed by atoms with Gasteiger partial charge in [0.2, 0.25) is 5.95 Å². The maximum Gasteiger partial charge on any atom is 0.209 e. The maximum atomic E-state index is 13.2. The van der Waals surface area contributed by atoms with E-state index in [1.807, 2.05) is 18.2 Å². The summed E-state index contributed by atoms with van der Waals surface area (Å²) in [5.41, 5.74) is 6.24. The molecule has 136 valence electrons. The van der Waals surface area contributed by atoms with Crippen LogP contribution in [0.1, 0.15) is 43.9 Å². The Hall–Kier alpha value is -2.88. The highest BCUT2D eigenvalue weighted by molar-refractivity contribution is 6.00. The van der Waals surface area contributed by atoms with E-state index in [0.29, 0.717) is 6.42 Å². The third-order valence-electron chi connectivity index (χ3n) is 5.70. The second-order valence-corrected chi connectivity index (χ2v) is 8.57. The number of aromatic nitrogens is 2. The molecule has 1 aliphatic heterocycles. The van der Waals surface area contributed by atoms with E-state index in [9.17, 15) is 4.79 Å². The van der Waals surface area contributed by atoms with Gasteiger partial charge in [-0.3, -0.25) is 9.36 Å². The second kappa shape index (κ2) is 5.56. The molecule has 0 fully saturated rings.